The molecule has 1 unspecified atom stereocenters. The third-order valence-electron chi connectivity index (χ3n) is 8.45. The number of para-hydroxylation sites is 1. The Morgan fingerprint density at radius 2 is 0.818 bits per heavy atom. The zero-order chi connectivity index (χ0) is 30.5. The second-order valence-electron chi connectivity index (χ2n) is 11.7. The van der Waals surface area contributed by atoms with Gasteiger partial charge in [-0.15, -0.1) is 0 Å². The predicted octanol–water partition coefficient (Wildman–Crippen LogP) is 12.4. The van der Waals surface area contributed by atoms with Gasteiger partial charge in [0.15, 0.2) is 0 Å². The summed E-state index contributed by atoms with van der Waals surface area (Å²) in [5.41, 5.74) is 13.2. The number of rotatable bonds is 9. The summed E-state index contributed by atoms with van der Waals surface area (Å²) in [6.07, 6.45) is 1.14. The van der Waals surface area contributed by atoms with Crippen molar-refractivity contribution in [1.29, 1.82) is 0 Å². The maximum atomic E-state index is 2.35. The van der Waals surface area contributed by atoms with Crippen LogP contribution in [0, 0.1) is 13.8 Å². The van der Waals surface area contributed by atoms with Crippen molar-refractivity contribution in [2.75, 3.05) is 9.80 Å². The van der Waals surface area contributed by atoms with Gasteiger partial charge in [-0.05, 0) is 127 Å². The lowest BCUT2D eigenvalue weighted by Gasteiger charge is -2.27. The van der Waals surface area contributed by atoms with Crippen molar-refractivity contribution in [3.05, 3.63) is 168 Å². The highest BCUT2D eigenvalue weighted by molar-refractivity contribution is 5.81. The van der Waals surface area contributed by atoms with Crippen LogP contribution in [0.2, 0.25) is 0 Å². The molecule has 2 heteroatoms. The first-order valence-corrected chi connectivity index (χ1v) is 15.6. The van der Waals surface area contributed by atoms with Gasteiger partial charge in [0.1, 0.15) is 0 Å². The molecule has 0 aromatic heterocycles. The van der Waals surface area contributed by atoms with Gasteiger partial charge >= 0.3 is 0 Å². The Hall–Kier alpha value is -5.08. The molecule has 0 spiro atoms. The van der Waals surface area contributed by atoms with Gasteiger partial charge in [0.25, 0.3) is 0 Å². The molecule has 0 N–H and O–H groups in total. The van der Waals surface area contributed by atoms with Gasteiger partial charge in [-0.25, -0.2) is 0 Å². The molecule has 6 aromatic rings. The normalized spacial score (nSPS) is 11.6. The highest BCUT2D eigenvalue weighted by Gasteiger charge is 2.15. The molecular formula is C42H40N2. The highest BCUT2D eigenvalue weighted by Crippen LogP contribution is 2.38. The van der Waals surface area contributed by atoms with E-state index in [1.807, 2.05) is 0 Å². The molecule has 0 aliphatic carbocycles. The van der Waals surface area contributed by atoms with E-state index in [-0.39, 0.29) is 0 Å². The topological polar surface area (TPSA) is 6.48 Å². The Kier molecular flexibility index (Phi) is 8.61. The maximum Gasteiger partial charge on any atom is 0.0464 e. The van der Waals surface area contributed by atoms with Crippen LogP contribution in [-0.2, 0) is 0 Å². The molecule has 44 heavy (non-hydrogen) atoms. The average Bonchev–Trinajstić information content (AvgIpc) is 3.06. The number of nitrogens with zero attached hydrogens (tertiary/aromatic N) is 2. The van der Waals surface area contributed by atoms with Crippen LogP contribution in [0.15, 0.2) is 152 Å². The van der Waals surface area contributed by atoms with Gasteiger partial charge in [-0.1, -0.05) is 92.7 Å². The van der Waals surface area contributed by atoms with E-state index in [4.69, 9.17) is 0 Å². The van der Waals surface area contributed by atoms with Gasteiger partial charge in [-0.3, -0.25) is 0 Å². The summed E-state index contributed by atoms with van der Waals surface area (Å²) >= 11 is 0. The minimum atomic E-state index is 0.554. The molecule has 6 aromatic carbocycles. The second-order valence-corrected chi connectivity index (χ2v) is 11.7. The molecule has 218 valence electrons. The molecule has 0 amide bonds. The summed E-state index contributed by atoms with van der Waals surface area (Å²) in [6.45, 7) is 8.83. The summed E-state index contributed by atoms with van der Waals surface area (Å²) < 4.78 is 0. The van der Waals surface area contributed by atoms with E-state index in [9.17, 15) is 0 Å². The third kappa shape index (κ3) is 6.31. The molecule has 0 radical (unpaired) electrons. The Labute approximate surface area is 262 Å². The van der Waals surface area contributed by atoms with Crippen LogP contribution in [0.1, 0.15) is 42.9 Å². The molecular weight excluding hydrogens is 532 g/mol. The Balaban J connectivity index is 1.31. The van der Waals surface area contributed by atoms with Crippen molar-refractivity contribution in [1.82, 2.24) is 0 Å². The van der Waals surface area contributed by atoms with E-state index < -0.39 is 0 Å². The highest BCUT2D eigenvalue weighted by atomic mass is 15.1. The van der Waals surface area contributed by atoms with Gasteiger partial charge in [0.05, 0.1) is 0 Å². The molecule has 2 nitrogen and oxygen atoms in total. The lowest BCUT2D eigenvalue weighted by molar-refractivity contribution is 0.733. The Morgan fingerprint density at radius 3 is 1.23 bits per heavy atom. The number of aryl methyl sites for hydroxylation is 2. The first-order chi connectivity index (χ1) is 21.5. The standard InChI is InChI=1S/C42H40N2/c1-5-33(4)34-17-23-38(24-18-34)44(42-16-10-12-32(3)30-42)40-27-21-36(22-28-40)35-19-25-39(26-20-35)43(37-13-7-6-8-14-37)41-15-9-11-31(2)29-41/h6-30,33H,5H2,1-4H3. The van der Waals surface area contributed by atoms with E-state index in [0.717, 1.165) is 40.5 Å². The van der Waals surface area contributed by atoms with Crippen molar-refractivity contribution in [2.24, 2.45) is 0 Å². The minimum Gasteiger partial charge on any atom is -0.310 e. The fourth-order valence-corrected chi connectivity index (χ4v) is 5.80. The van der Waals surface area contributed by atoms with Crippen LogP contribution in [-0.4, -0.2) is 0 Å². The summed E-state index contributed by atoms with van der Waals surface area (Å²) in [4.78, 5) is 4.66. The van der Waals surface area contributed by atoms with Crippen molar-refractivity contribution in [3.8, 4) is 11.1 Å². The van der Waals surface area contributed by atoms with Crippen molar-refractivity contribution < 1.29 is 0 Å². The van der Waals surface area contributed by atoms with E-state index in [1.54, 1.807) is 0 Å². The first kappa shape index (κ1) is 29.0. The summed E-state index contributed by atoms with van der Waals surface area (Å²) in [5, 5.41) is 0. The minimum absolute atomic E-state index is 0.554. The fourth-order valence-electron chi connectivity index (χ4n) is 5.80. The Morgan fingerprint density at radius 1 is 0.432 bits per heavy atom. The van der Waals surface area contributed by atoms with Gasteiger partial charge in [-0.2, -0.15) is 0 Å². The van der Waals surface area contributed by atoms with Crippen LogP contribution >= 0.6 is 0 Å². The molecule has 0 fully saturated rings. The van der Waals surface area contributed by atoms with Crippen LogP contribution in [0.3, 0.4) is 0 Å². The van der Waals surface area contributed by atoms with Crippen molar-refractivity contribution in [2.45, 2.75) is 40.0 Å². The monoisotopic (exact) mass is 572 g/mol. The first-order valence-electron chi connectivity index (χ1n) is 15.6. The van der Waals surface area contributed by atoms with Gasteiger partial charge < -0.3 is 9.80 Å². The number of benzene rings is 6. The summed E-state index contributed by atoms with van der Waals surface area (Å²) in [6, 6.07) is 54.8. The van der Waals surface area contributed by atoms with Crippen molar-refractivity contribution >= 4 is 34.1 Å². The maximum absolute atomic E-state index is 2.35. The quantitative estimate of drug-likeness (QED) is 0.170. The van der Waals surface area contributed by atoms with Gasteiger partial charge in [0.2, 0.25) is 0 Å². The average molecular weight is 573 g/mol. The molecule has 0 heterocycles. The van der Waals surface area contributed by atoms with E-state index in [2.05, 4.69) is 189 Å². The molecule has 0 aliphatic rings. The smallest absolute Gasteiger partial charge is 0.0464 e. The van der Waals surface area contributed by atoms with Crippen molar-refractivity contribution in [3.63, 3.8) is 0 Å². The lowest BCUT2D eigenvalue weighted by atomic mass is 9.98. The molecule has 1 atom stereocenters. The Bertz CT molecular complexity index is 1800. The number of hydrogen-bond acceptors (Lipinski definition) is 2. The second kappa shape index (κ2) is 13.1. The number of hydrogen-bond donors (Lipinski definition) is 0. The predicted molar refractivity (Wildman–Crippen MR) is 189 cm³/mol. The summed E-state index contributed by atoms with van der Waals surface area (Å²) in [7, 11) is 0. The van der Waals surface area contributed by atoms with E-state index >= 15 is 0 Å². The van der Waals surface area contributed by atoms with E-state index in [0.29, 0.717) is 5.92 Å². The largest absolute Gasteiger partial charge is 0.310 e. The molecule has 0 saturated heterocycles. The summed E-state index contributed by atoms with van der Waals surface area (Å²) in [5.74, 6) is 0.554. The van der Waals surface area contributed by atoms with Gasteiger partial charge in [0, 0.05) is 34.1 Å². The van der Waals surface area contributed by atoms with Crippen LogP contribution < -0.4 is 9.80 Å². The molecule has 0 bridgehead atoms. The molecule has 0 saturated carbocycles. The van der Waals surface area contributed by atoms with Crippen LogP contribution in [0.25, 0.3) is 11.1 Å². The SMILES string of the molecule is CCC(C)c1ccc(N(c2ccc(-c3ccc(N(c4ccccc4)c4cccc(C)c4)cc3)cc2)c2cccc(C)c2)cc1. The fraction of sp³-hybridized carbons (Fsp3) is 0.143. The zero-order valence-corrected chi connectivity index (χ0v) is 26.1. The van der Waals surface area contributed by atoms with Crippen LogP contribution in [0.5, 0.6) is 0 Å². The molecule has 0 aliphatic heterocycles. The number of anilines is 6. The van der Waals surface area contributed by atoms with E-state index in [1.165, 1.54) is 27.8 Å². The third-order valence-corrected chi connectivity index (χ3v) is 8.45. The molecule has 6 rings (SSSR count). The zero-order valence-electron chi connectivity index (χ0n) is 26.1. The van der Waals surface area contributed by atoms with Crippen LogP contribution in [0.4, 0.5) is 34.1 Å². The lowest BCUT2D eigenvalue weighted by Crippen LogP contribution is -2.10.